The summed E-state index contributed by atoms with van der Waals surface area (Å²) in [5.74, 6) is -1.77. The zero-order chi connectivity index (χ0) is 8.27. The second-order valence-corrected chi connectivity index (χ2v) is 1.42. The number of rotatable bonds is 1. The highest BCUT2D eigenvalue weighted by molar-refractivity contribution is 5.28. The summed E-state index contributed by atoms with van der Waals surface area (Å²) in [6.45, 7) is 0. The Labute approximate surface area is 60.9 Å². The molecule has 0 aliphatic heterocycles. The van der Waals surface area contributed by atoms with E-state index >= 15 is 0 Å². The molecule has 0 fully saturated rings. The summed E-state index contributed by atoms with van der Waals surface area (Å²) >= 11 is 0. The van der Waals surface area contributed by atoms with Crippen LogP contribution >= 0.6 is 0 Å². The summed E-state index contributed by atoms with van der Waals surface area (Å²) in [7, 11) is 0. The summed E-state index contributed by atoms with van der Waals surface area (Å²) < 4.78 is 0. The molecule has 8 heteroatoms. The minimum Gasteiger partial charge on any atom is -0.188 e. The molecule has 0 saturated carbocycles. The van der Waals surface area contributed by atoms with Crippen LogP contribution in [0.2, 0.25) is 0 Å². The first-order valence-corrected chi connectivity index (χ1v) is 2.41. The maximum absolute atomic E-state index is 8.62. The monoisotopic (exact) mass is 148 g/mol. The topological polar surface area (TPSA) is 132 Å². The average Bonchev–Trinajstić information content (AvgIpc) is 1.85. The molecule has 4 radical (unpaired) electrons. The smallest absolute Gasteiger partial charge is 0.188 e. The Morgan fingerprint density at radius 1 is 1.18 bits per heavy atom. The summed E-state index contributed by atoms with van der Waals surface area (Å²) in [6, 6.07) is 0. The van der Waals surface area contributed by atoms with Gasteiger partial charge in [0.25, 0.3) is 11.9 Å². The molecule has 0 spiro atoms. The van der Waals surface area contributed by atoms with Gasteiger partial charge in [-0.3, -0.25) is 0 Å². The van der Waals surface area contributed by atoms with Crippen molar-refractivity contribution in [3.8, 4) is 0 Å². The first-order chi connectivity index (χ1) is 5.22. The van der Waals surface area contributed by atoms with Crippen molar-refractivity contribution in [2.75, 3.05) is 0 Å². The van der Waals surface area contributed by atoms with Gasteiger partial charge in [0.1, 0.15) is 0 Å². The molecule has 0 N–H and O–H groups in total. The zero-order valence-corrected chi connectivity index (χ0v) is 5.08. The van der Waals surface area contributed by atoms with Crippen LogP contribution in [0.15, 0.2) is 5.11 Å². The van der Waals surface area contributed by atoms with Gasteiger partial charge in [-0.25, -0.2) is 0 Å². The normalized spacial score (nSPS) is 8.73. The summed E-state index contributed by atoms with van der Waals surface area (Å²) in [5.41, 5.74) is 25.1. The molecule has 0 aromatic carbocycles. The van der Waals surface area contributed by atoms with Crippen molar-refractivity contribution in [1.82, 2.24) is 26.4 Å². The fraction of sp³-hybridized carbons (Fsp3) is 0. The quantitative estimate of drug-likeness (QED) is 0.320. The van der Waals surface area contributed by atoms with E-state index in [1.165, 1.54) is 0 Å². The van der Waals surface area contributed by atoms with Crippen molar-refractivity contribution in [3.63, 3.8) is 0 Å². The summed E-state index contributed by atoms with van der Waals surface area (Å²) in [4.78, 5) is 11.7. The number of aromatic nitrogens is 3. The van der Waals surface area contributed by atoms with Crippen LogP contribution in [0.4, 0.5) is 17.8 Å². The lowest BCUT2D eigenvalue weighted by Crippen LogP contribution is -1.89. The van der Waals surface area contributed by atoms with E-state index in [2.05, 4.69) is 25.0 Å². The molecule has 1 aromatic heterocycles. The highest BCUT2D eigenvalue weighted by Gasteiger charge is 2.00. The lowest BCUT2D eigenvalue weighted by Gasteiger charge is -1.89. The van der Waals surface area contributed by atoms with Crippen LogP contribution in [0.25, 0.3) is 10.4 Å². The van der Waals surface area contributed by atoms with Gasteiger partial charge in [0.15, 0.2) is 0 Å². The molecule has 0 atom stereocenters. The van der Waals surface area contributed by atoms with E-state index in [0.717, 1.165) is 0 Å². The molecular formula is C3N8. The van der Waals surface area contributed by atoms with Crippen molar-refractivity contribution in [2.45, 2.75) is 0 Å². The van der Waals surface area contributed by atoms with Gasteiger partial charge in [-0.15, -0.1) is 11.5 Å². The zero-order valence-electron chi connectivity index (χ0n) is 5.08. The predicted molar refractivity (Wildman–Crippen MR) is 32.2 cm³/mol. The molecule has 0 bridgehead atoms. The molecule has 52 valence electrons. The van der Waals surface area contributed by atoms with Crippen LogP contribution in [0, 0.1) is 0 Å². The van der Waals surface area contributed by atoms with Gasteiger partial charge in [0, 0.05) is 4.91 Å². The molecule has 11 heavy (non-hydrogen) atoms. The standard InChI is InChI=1S/C3N8/c4-1-7-2(5)9-3(8-1)10-11-6. The Morgan fingerprint density at radius 2 is 1.73 bits per heavy atom. The fourth-order valence-electron chi connectivity index (χ4n) is 0.428. The predicted octanol–water partition coefficient (Wildman–Crippen LogP) is 0.214. The van der Waals surface area contributed by atoms with Gasteiger partial charge in [0.2, 0.25) is 5.95 Å². The highest BCUT2D eigenvalue weighted by Crippen LogP contribution is 2.08. The Kier molecular flexibility index (Phi) is 1.71. The van der Waals surface area contributed by atoms with E-state index in [4.69, 9.17) is 17.0 Å². The Hall–Kier alpha value is -2.08. The molecule has 0 aliphatic rings. The van der Waals surface area contributed by atoms with E-state index in [-0.39, 0.29) is 5.95 Å². The van der Waals surface area contributed by atoms with E-state index in [0.29, 0.717) is 0 Å². The highest BCUT2D eigenvalue weighted by atomic mass is 15.3. The van der Waals surface area contributed by atoms with Gasteiger partial charge in [0.05, 0.1) is 0 Å². The maximum atomic E-state index is 8.62. The van der Waals surface area contributed by atoms with Crippen LogP contribution in [0.1, 0.15) is 0 Å². The lowest BCUT2D eigenvalue weighted by atomic mass is 10.8. The maximum Gasteiger partial charge on any atom is 0.274 e. The van der Waals surface area contributed by atoms with E-state index in [1.54, 1.807) is 0 Å². The van der Waals surface area contributed by atoms with Gasteiger partial charge in [-0.1, -0.05) is 0 Å². The average molecular weight is 148 g/mol. The first-order valence-electron chi connectivity index (χ1n) is 2.41. The second-order valence-electron chi connectivity index (χ2n) is 1.42. The van der Waals surface area contributed by atoms with Gasteiger partial charge in [-0.05, 0) is 10.6 Å². The Morgan fingerprint density at radius 3 is 2.18 bits per heavy atom. The number of hydrogen-bond acceptors (Lipinski definition) is 4. The van der Waals surface area contributed by atoms with Crippen molar-refractivity contribution in [1.29, 1.82) is 0 Å². The van der Waals surface area contributed by atoms with E-state index in [1.807, 2.05) is 0 Å². The molecule has 0 unspecified atom stereocenters. The Bertz CT molecular complexity index is 291. The van der Waals surface area contributed by atoms with Crippen LogP contribution < -0.4 is 11.5 Å². The summed E-state index contributed by atoms with van der Waals surface area (Å²) in [6.07, 6.45) is 0. The second kappa shape index (κ2) is 2.67. The van der Waals surface area contributed by atoms with Crippen molar-refractivity contribution in [3.05, 3.63) is 10.4 Å². The lowest BCUT2D eigenvalue weighted by molar-refractivity contribution is 0.997. The van der Waals surface area contributed by atoms with Crippen LogP contribution in [-0.2, 0) is 0 Å². The van der Waals surface area contributed by atoms with E-state index < -0.39 is 11.9 Å². The number of nitrogens with zero attached hydrogens (tertiary/aromatic N) is 8. The third kappa shape index (κ3) is 1.66. The van der Waals surface area contributed by atoms with Crippen LogP contribution in [0.3, 0.4) is 0 Å². The summed E-state index contributed by atoms with van der Waals surface area (Å²) in [5, 5.41) is 2.93. The minimum absolute atomic E-state index is 0.377. The molecule has 0 amide bonds. The minimum atomic E-state index is -0.695. The third-order valence-electron chi connectivity index (χ3n) is 0.734. The van der Waals surface area contributed by atoms with Crippen molar-refractivity contribution in [2.24, 2.45) is 5.11 Å². The third-order valence-corrected chi connectivity index (χ3v) is 0.734. The molecule has 1 aromatic rings. The molecular weight excluding hydrogens is 148 g/mol. The van der Waals surface area contributed by atoms with E-state index in [9.17, 15) is 0 Å². The molecule has 1 heterocycles. The first kappa shape index (κ1) is 7.03. The number of azide groups is 1. The van der Waals surface area contributed by atoms with Gasteiger partial charge in [-0.2, -0.15) is 15.0 Å². The molecule has 8 nitrogen and oxygen atoms in total. The molecule has 1 rings (SSSR count). The SMILES string of the molecule is [N]c1nc([N])nc(N=[N+]=[N-])n1. The Balaban J connectivity index is 3.18. The number of hydrogen-bond donors (Lipinski definition) is 0. The fourth-order valence-corrected chi connectivity index (χ4v) is 0.428. The van der Waals surface area contributed by atoms with Crippen LogP contribution in [-0.4, -0.2) is 15.0 Å². The van der Waals surface area contributed by atoms with Crippen molar-refractivity contribution < 1.29 is 0 Å². The largest absolute Gasteiger partial charge is 0.274 e. The molecule has 0 saturated heterocycles. The van der Waals surface area contributed by atoms with Gasteiger partial charge >= 0.3 is 0 Å². The van der Waals surface area contributed by atoms with Crippen LogP contribution in [0.5, 0.6) is 0 Å². The molecule has 0 aliphatic carbocycles. The van der Waals surface area contributed by atoms with Crippen molar-refractivity contribution >= 4 is 17.8 Å². The van der Waals surface area contributed by atoms with Gasteiger partial charge < -0.3 is 0 Å².